The number of alkyl halides is 6. The summed E-state index contributed by atoms with van der Waals surface area (Å²) in [6.45, 7) is 4.26. The molecule has 0 aliphatic carbocycles. The maximum atomic E-state index is 12.4. The molecule has 4 rings (SSSR count). The first kappa shape index (κ1) is 31.8. The van der Waals surface area contributed by atoms with Crippen molar-refractivity contribution in [2.45, 2.75) is 18.9 Å². The predicted molar refractivity (Wildman–Crippen MR) is 137 cm³/mol. The van der Waals surface area contributed by atoms with Crippen LogP contribution in [0, 0.1) is 0 Å². The van der Waals surface area contributed by atoms with Gasteiger partial charge in [0.1, 0.15) is 12.2 Å². The lowest BCUT2D eigenvalue weighted by Crippen LogP contribution is -2.38. The number of ether oxygens (including phenoxy) is 2. The van der Waals surface area contributed by atoms with Crippen LogP contribution in [0.5, 0.6) is 6.01 Å². The molecule has 1 fully saturated rings. The Morgan fingerprint density at radius 2 is 1.63 bits per heavy atom. The number of aromatic nitrogens is 2. The number of hydrogen-bond donors (Lipinski definition) is 1. The van der Waals surface area contributed by atoms with E-state index in [2.05, 4.69) is 20.2 Å². The molecule has 1 aliphatic rings. The molecule has 0 unspecified atom stereocenters. The summed E-state index contributed by atoms with van der Waals surface area (Å²) < 4.78 is 85.2. The lowest BCUT2D eigenvalue weighted by atomic mass is 10.0. The Hall–Kier alpha value is -3.75. The summed E-state index contributed by atoms with van der Waals surface area (Å²) in [5.41, 5.74) is -1.61. The number of carboxylic acid groups (broad SMARTS) is 1. The van der Waals surface area contributed by atoms with Crippen LogP contribution in [0.4, 0.5) is 26.3 Å². The van der Waals surface area contributed by atoms with E-state index in [1.54, 1.807) is 0 Å². The van der Waals surface area contributed by atoms with Gasteiger partial charge in [0.2, 0.25) is 0 Å². The molecule has 0 saturated carbocycles. The molecule has 222 valence electrons. The van der Waals surface area contributed by atoms with E-state index in [1.807, 2.05) is 30.3 Å². The normalized spacial score (nSPS) is 14.2. The zero-order valence-electron chi connectivity index (χ0n) is 21.9. The van der Waals surface area contributed by atoms with Crippen molar-refractivity contribution in [1.82, 2.24) is 14.9 Å². The molecular weight excluding hydrogens is 558 g/mol. The van der Waals surface area contributed by atoms with E-state index in [0.717, 1.165) is 38.4 Å². The molecule has 0 amide bonds. The molecule has 0 bridgehead atoms. The number of morpholine rings is 1. The van der Waals surface area contributed by atoms with Gasteiger partial charge in [-0.2, -0.15) is 38.4 Å². The summed E-state index contributed by atoms with van der Waals surface area (Å²) in [5.74, 6) is -1.06. The van der Waals surface area contributed by atoms with Gasteiger partial charge in [-0.15, -0.1) is 6.54 Å². The molecule has 1 N–H and O–H groups in total. The molecule has 2 heterocycles. The minimum Gasteiger partial charge on any atom is -0.661 e. The van der Waals surface area contributed by atoms with E-state index in [4.69, 9.17) is 9.47 Å². The van der Waals surface area contributed by atoms with Crippen molar-refractivity contribution >= 4 is 5.97 Å². The smallest absolute Gasteiger partial charge is 0.416 e. The number of carbonyl (C=O) groups is 1. The highest BCUT2D eigenvalue weighted by molar-refractivity contribution is 5.94. The van der Waals surface area contributed by atoms with Gasteiger partial charge in [-0.25, -0.2) is 9.78 Å². The van der Waals surface area contributed by atoms with Crippen LogP contribution >= 0.6 is 0 Å². The van der Waals surface area contributed by atoms with E-state index in [-0.39, 0.29) is 29.7 Å². The van der Waals surface area contributed by atoms with Crippen LogP contribution in [-0.2, 0) is 23.6 Å². The Bertz CT molecular complexity index is 1250. The third kappa shape index (κ3) is 9.69. The zero-order chi connectivity index (χ0) is 30.0. The molecule has 0 radical (unpaired) electrons. The molecule has 1 saturated heterocycles. The zero-order valence-corrected chi connectivity index (χ0v) is 21.9. The third-order valence-electron chi connectivity index (χ3n) is 5.77. The van der Waals surface area contributed by atoms with E-state index in [9.17, 15) is 36.2 Å². The number of rotatable bonds is 8. The van der Waals surface area contributed by atoms with E-state index < -0.39 is 29.4 Å². The van der Waals surface area contributed by atoms with Crippen molar-refractivity contribution in [3.63, 3.8) is 0 Å². The molecule has 1 aromatic heterocycles. The van der Waals surface area contributed by atoms with Crippen molar-refractivity contribution in [2.75, 3.05) is 46.5 Å². The first-order valence-corrected chi connectivity index (χ1v) is 12.3. The predicted octanol–water partition coefficient (Wildman–Crippen LogP) is 5.78. The number of hydrogen-bond acceptors (Lipinski definition) is 6. The summed E-state index contributed by atoms with van der Waals surface area (Å²) >= 11 is 0. The molecule has 1 aliphatic heterocycles. The minimum atomic E-state index is -4.80. The highest BCUT2D eigenvalue weighted by Crippen LogP contribution is 2.36. The van der Waals surface area contributed by atoms with Gasteiger partial charge in [0.05, 0.1) is 30.0 Å². The lowest BCUT2D eigenvalue weighted by Gasteiger charge is -2.26. The molecule has 3 aromatic rings. The van der Waals surface area contributed by atoms with Crippen molar-refractivity contribution in [2.24, 2.45) is 0 Å². The van der Waals surface area contributed by atoms with Crippen molar-refractivity contribution in [1.29, 1.82) is 0 Å². The van der Waals surface area contributed by atoms with E-state index in [0.29, 0.717) is 24.4 Å². The average molecular weight is 586 g/mol. The highest BCUT2D eigenvalue weighted by atomic mass is 19.4. The fourth-order valence-corrected chi connectivity index (χ4v) is 3.79. The van der Waals surface area contributed by atoms with Crippen LogP contribution in [0.15, 0.2) is 54.7 Å². The summed E-state index contributed by atoms with van der Waals surface area (Å²) in [4.78, 5) is 21.9. The van der Waals surface area contributed by atoms with Crippen LogP contribution in [0.1, 0.15) is 27.0 Å². The Labute approximate surface area is 231 Å². The fourth-order valence-electron chi connectivity index (χ4n) is 3.79. The largest absolute Gasteiger partial charge is 0.661 e. The third-order valence-corrected chi connectivity index (χ3v) is 5.77. The van der Waals surface area contributed by atoms with Gasteiger partial charge in [-0.3, -0.25) is 4.90 Å². The van der Waals surface area contributed by atoms with Crippen molar-refractivity contribution < 1.29 is 45.7 Å². The van der Waals surface area contributed by atoms with Gasteiger partial charge in [0.15, 0.2) is 0 Å². The summed E-state index contributed by atoms with van der Waals surface area (Å²) in [5, 5.41) is 12.8. The second-order valence-corrected chi connectivity index (χ2v) is 8.78. The van der Waals surface area contributed by atoms with Crippen molar-refractivity contribution in [3.05, 3.63) is 82.3 Å². The maximum Gasteiger partial charge on any atom is 0.416 e. The van der Waals surface area contributed by atoms with Crippen LogP contribution < -0.4 is 4.74 Å². The number of halogens is 6. The van der Waals surface area contributed by atoms with Crippen LogP contribution in [0.3, 0.4) is 0 Å². The summed E-state index contributed by atoms with van der Waals surface area (Å²) in [7, 11) is 1.31. The number of nitrogens with zero attached hydrogens (tertiary/aromatic N) is 4. The molecule has 14 heteroatoms. The second-order valence-electron chi connectivity index (χ2n) is 8.78. The topological polar surface area (TPSA) is 98.9 Å². The first-order chi connectivity index (χ1) is 19.4. The Morgan fingerprint density at radius 1 is 1.02 bits per heavy atom. The van der Waals surface area contributed by atoms with E-state index in [1.165, 1.54) is 13.2 Å². The van der Waals surface area contributed by atoms with Gasteiger partial charge < -0.3 is 19.9 Å². The van der Waals surface area contributed by atoms with Gasteiger partial charge in [-0.1, -0.05) is 35.9 Å². The fraction of sp³-hybridized carbons (Fsp3) is 0.370. The summed E-state index contributed by atoms with van der Waals surface area (Å²) in [6.07, 6.45) is -8.31. The molecule has 0 spiro atoms. The van der Waals surface area contributed by atoms with Gasteiger partial charge in [0.25, 0.3) is 0 Å². The quantitative estimate of drug-likeness (QED) is 0.335. The molecular formula is C27H27F6N4O4-. The first-order valence-electron chi connectivity index (χ1n) is 12.3. The van der Waals surface area contributed by atoms with Gasteiger partial charge in [-0.05, 0) is 18.2 Å². The highest BCUT2D eigenvalue weighted by Gasteiger charge is 2.36. The Balaban J connectivity index is 0.000000241. The number of carboxylic acids is 1. The number of benzene rings is 2. The SMILES string of the molecule is C[N-]Cc1cc(C(F)(F)F)cc(C(F)(F)F)c1.O=C(O)c1cnc(OCCN2CCOCC2)nc1-c1ccccc1. The molecule has 8 nitrogen and oxygen atoms in total. The van der Waals surface area contributed by atoms with Gasteiger partial charge in [0, 0.05) is 31.4 Å². The molecule has 41 heavy (non-hydrogen) atoms. The van der Waals surface area contributed by atoms with Crippen LogP contribution in [0.2, 0.25) is 0 Å². The summed E-state index contributed by atoms with van der Waals surface area (Å²) in [6, 6.07) is 10.8. The lowest BCUT2D eigenvalue weighted by molar-refractivity contribution is -0.143. The average Bonchev–Trinajstić information content (AvgIpc) is 2.93. The monoisotopic (exact) mass is 585 g/mol. The van der Waals surface area contributed by atoms with E-state index >= 15 is 0 Å². The Morgan fingerprint density at radius 3 is 2.17 bits per heavy atom. The molecule has 2 aromatic carbocycles. The second kappa shape index (κ2) is 14.2. The molecule has 0 atom stereocenters. The number of aromatic carboxylic acids is 1. The standard InChI is InChI=1S/C17H19N3O4.C10H8F6N/c21-16(22)14-12-18-17(19-15(14)13-4-2-1-3-5-13)24-11-8-20-6-9-23-10-7-20;1-17-5-6-2-7(9(11,12)13)4-8(3-6)10(14,15)16/h1-5,12H,6-11H2,(H,21,22);2-4H,5H2,1H3/q;-1. The van der Waals surface area contributed by atoms with Gasteiger partial charge >= 0.3 is 24.3 Å². The minimum absolute atomic E-state index is 0.0572. The van der Waals surface area contributed by atoms with Crippen LogP contribution in [0.25, 0.3) is 16.6 Å². The Kier molecular flexibility index (Phi) is 11.0. The maximum absolute atomic E-state index is 12.4. The van der Waals surface area contributed by atoms with Crippen molar-refractivity contribution in [3.8, 4) is 17.3 Å². The van der Waals surface area contributed by atoms with Crippen LogP contribution in [-0.4, -0.2) is 72.4 Å².